The van der Waals surface area contributed by atoms with Gasteiger partial charge in [-0.1, -0.05) is 6.92 Å². The molecule has 4 nitrogen and oxygen atoms in total. The molecule has 1 heterocycles. The molecular formula is C16H23FN2O2. The van der Waals surface area contributed by atoms with Gasteiger partial charge in [0.2, 0.25) is 5.91 Å². The topological polar surface area (TPSA) is 52.6 Å². The molecule has 0 spiro atoms. The van der Waals surface area contributed by atoms with Crippen LogP contribution >= 0.6 is 0 Å². The summed E-state index contributed by atoms with van der Waals surface area (Å²) in [7, 11) is 0. The highest BCUT2D eigenvalue weighted by Gasteiger charge is 2.30. The molecule has 1 aliphatic heterocycles. The lowest BCUT2D eigenvalue weighted by atomic mass is 9.83. The van der Waals surface area contributed by atoms with E-state index in [1.165, 1.54) is 12.1 Å². The SMILES string of the molecule is CC1(CO)CCCN(CCC(=O)Nc2ccc(F)cc2)C1. The Bertz CT molecular complexity index is 478. The number of hydrogen-bond donors (Lipinski definition) is 2. The molecule has 1 aromatic rings. The van der Waals surface area contributed by atoms with Crippen molar-refractivity contribution in [1.82, 2.24) is 4.90 Å². The monoisotopic (exact) mass is 294 g/mol. The minimum Gasteiger partial charge on any atom is -0.396 e. The van der Waals surface area contributed by atoms with Crippen molar-refractivity contribution in [2.24, 2.45) is 5.41 Å². The third-order valence-electron chi connectivity index (χ3n) is 4.02. The molecule has 1 unspecified atom stereocenters. The van der Waals surface area contributed by atoms with Crippen LogP contribution in [0.3, 0.4) is 0 Å². The first-order valence-corrected chi connectivity index (χ1v) is 7.39. The summed E-state index contributed by atoms with van der Waals surface area (Å²) in [6.45, 7) is 4.75. The maximum atomic E-state index is 12.8. The van der Waals surface area contributed by atoms with Crippen LogP contribution in [0, 0.1) is 11.2 Å². The fourth-order valence-electron chi connectivity index (χ4n) is 2.76. The van der Waals surface area contributed by atoms with Crippen LogP contribution in [0.5, 0.6) is 0 Å². The third kappa shape index (κ3) is 4.79. The van der Waals surface area contributed by atoms with E-state index in [0.29, 0.717) is 18.7 Å². The summed E-state index contributed by atoms with van der Waals surface area (Å²) >= 11 is 0. The van der Waals surface area contributed by atoms with Gasteiger partial charge in [0.15, 0.2) is 0 Å². The first kappa shape index (κ1) is 15.9. The number of carbonyl (C=O) groups excluding carboxylic acids is 1. The zero-order valence-corrected chi connectivity index (χ0v) is 12.4. The summed E-state index contributed by atoms with van der Waals surface area (Å²) in [6, 6.07) is 5.76. The fourth-order valence-corrected chi connectivity index (χ4v) is 2.76. The van der Waals surface area contributed by atoms with Gasteiger partial charge in [-0.2, -0.15) is 0 Å². The molecule has 0 aliphatic carbocycles. The Morgan fingerprint density at radius 3 is 2.81 bits per heavy atom. The highest BCUT2D eigenvalue weighted by molar-refractivity contribution is 5.90. The van der Waals surface area contributed by atoms with Crippen molar-refractivity contribution in [2.75, 3.05) is 31.6 Å². The van der Waals surface area contributed by atoms with E-state index in [2.05, 4.69) is 17.1 Å². The van der Waals surface area contributed by atoms with E-state index in [0.717, 1.165) is 25.9 Å². The molecular weight excluding hydrogens is 271 g/mol. The number of carbonyl (C=O) groups is 1. The Labute approximate surface area is 125 Å². The second-order valence-electron chi connectivity index (χ2n) is 6.15. The van der Waals surface area contributed by atoms with E-state index in [-0.39, 0.29) is 23.7 Å². The van der Waals surface area contributed by atoms with Gasteiger partial charge in [-0.15, -0.1) is 0 Å². The molecule has 1 aromatic carbocycles. The van der Waals surface area contributed by atoms with Gasteiger partial charge in [-0.3, -0.25) is 4.79 Å². The number of anilines is 1. The molecule has 1 aliphatic rings. The lowest BCUT2D eigenvalue weighted by molar-refractivity contribution is -0.116. The number of nitrogens with one attached hydrogen (secondary N) is 1. The highest BCUT2D eigenvalue weighted by Crippen LogP contribution is 2.28. The third-order valence-corrected chi connectivity index (χ3v) is 4.02. The van der Waals surface area contributed by atoms with Crippen molar-refractivity contribution in [1.29, 1.82) is 0 Å². The number of halogens is 1. The van der Waals surface area contributed by atoms with Crippen molar-refractivity contribution >= 4 is 11.6 Å². The summed E-state index contributed by atoms with van der Waals surface area (Å²) < 4.78 is 12.8. The molecule has 1 saturated heterocycles. The zero-order chi connectivity index (χ0) is 15.3. The summed E-state index contributed by atoms with van der Waals surface area (Å²) in [6.07, 6.45) is 2.48. The average Bonchev–Trinajstić information content (AvgIpc) is 2.48. The van der Waals surface area contributed by atoms with E-state index in [1.807, 2.05) is 0 Å². The summed E-state index contributed by atoms with van der Waals surface area (Å²) in [5.41, 5.74) is 0.561. The van der Waals surface area contributed by atoms with Crippen LogP contribution in [0.1, 0.15) is 26.2 Å². The molecule has 0 bridgehead atoms. The van der Waals surface area contributed by atoms with E-state index < -0.39 is 0 Å². The summed E-state index contributed by atoms with van der Waals surface area (Å²) in [5.74, 6) is -0.387. The first-order valence-electron chi connectivity index (χ1n) is 7.39. The molecule has 116 valence electrons. The van der Waals surface area contributed by atoms with Crippen molar-refractivity contribution in [3.63, 3.8) is 0 Å². The van der Waals surface area contributed by atoms with Crippen molar-refractivity contribution in [3.8, 4) is 0 Å². The molecule has 21 heavy (non-hydrogen) atoms. The Kier molecular flexibility index (Phi) is 5.31. The number of piperidine rings is 1. The fraction of sp³-hybridized carbons (Fsp3) is 0.562. The summed E-state index contributed by atoms with van der Waals surface area (Å²) in [4.78, 5) is 14.1. The van der Waals surface area contributed by atoms with Crippen LogP contribution in [-0.4, -0.2) is 42.2 Å². The molecule has 1 atom stereocenters. The van der Waals surface area contributed by atoms with E-state index >= 15 is 0 Å². The van der Waals surface area contributed by atoms with Crippen LogP contribution < -0.4 is 5.32 Å². The van der Waals surface area contributed by atoms with E-state index in [9.17, 15) is 14.3 Å². The van der Waals surface area contributed by atoms with Crippen LogP contribution in [0.15, 0.2) is 24.3 Å². The predicted octanol–water partition coefficient (Wildman–Crippen LogP) is 2.25. The second-order valence-corrected chi connectivity index (χ2v) is 6.15. The number of likely N-dealkylation sites (tertiary alicyclic amines) is 1. The number of hydrogen-bond acceptors (Lipinski definition) is 3. The molecule has 2 N–H and O–H groups in total. The quantitative estimate of drug-likeness (QED) is 0.876. The van der Waals surface area contributed by atoms with Gasteiger partial charge in [0.05, 0.1) is 0 Å². The molecule has 5 heteroatoms. The van der Waals surface area contributed by atoms with Gasteiger partial charge in [-0.25, -0.2) is 4.39 Å². The highest BCUT2D eigenvalue weighted by atomic mass is 19.1. The molecule has 0 aromatic heterocycles. The number of aliphatic hydroxyl groups excluding tert-OH is 1. The number of rotatable bonds is 5. The molecule has 0 radical (unpaired) electrons. The normalized spacial score (nSPS) is 23.0. The smallest absolute Gasteiger partial charge is 0.225 e. The maximum absolute atomic E-state index is 12.8. The van der Waals surface area contributed by atoms with Gasteiger partial charge in [0.25, 0.3) is 0 Å². The van der Waals surface area contributed by atoms with Crippen molar-refractivity contribution in [3.05, 3.63) is 30.1 Å². The average molecular weight is 294 g/mol. The predicted molar refractivity (Wildman–Crippen MR) is 80.5 cm³/mol. The van der Waals surface area contributed by atoms with Crippen LogP contribution in [0.25, 0.3) is 0 Å². The van der Waals surface area contributed by atoms with E-state index in [4.69, 9.17) is 0 Å². The lowest BCUT2D eigenvalue weighted by Gasteiger charge is -2.39. The molecule has 1 fully saturated rings. The summed E-state index contributed by atoms with van der Waals surface area (Å²) in [5, 5.41) is 12.2. The van der Waals surface area contributed by atoms with Gasteiger partial charge in [0, 0.05) is 37.2 Å². The largest absolute Gasteiger partial charge is 0.396 e. The minimum atomic E-state index is -0.315. The lowest BCUT2D eigenvalue weighted by Crippen LogP contribution is -2.44. The maximum Gasteiger partial charge on any atom is 0.225 e. The van der Waals surface area contributed by atoms with Gasteiger partial charge < -0.3 is 15.3 Å². The van der Waals surface area contributed by atoms with Gasteiger partial charge >= 0.3 is 0 Å². The minimum absolute atomic E-state index is 0.0499. The van der Waals surface area contributed by atoms with E-state index in [1.54, 1.807) is 12.1 Å². The Hall–Kier alpha value is -1.46. The Morgan fingerprint density at radius 1 is 1.43 bits per heavy atom. The number of benzene rings is 1. The van der Waals surface area contributed by atoms with Gasteiger partial charge in [-0.05, 0) is 43.7 Å². The number of nitrogens with zero attached hydrogens (tertiary/aromatic N) is 1. The van der Waals surface area contributed by atoms with Crippen molar-refractivity contribution < 1.29 is 14.3 Å². The standard InChI is InChI=1S/C16H23FN2O2/c1-16(12-20)8-2-9-19(11-16)10-7-15(21)18-14-5-3-13(17)4-6-14/h3-6,20H,2,7-12H2,1H3,(H,18,21). The first-order chi connectivity index (χ1) is 10.0. The molecule has 1 amide bonds. The Morgan fingerprint density at radius 2 is 2.14 bits per heavy atom. The van der Waals surface area contributed by atoms with Crippen LogP contribution in [0.4, 0.5) is 10.1 Å². The van der Waals surface area contributed by atoms with Crippen molar-refractivity contribution in [2.45, 2.75) is 26.2 Å². The van der Waals surface area contributed by atoms with Crippen LogP contribution in [0.2, 0.25) is 0 Å². The number of aliphatic hydroxyl groups is 1. The molecule has 2 rings (SSSR count). The Balaban J connectivity index is 1.77. The molecule has 0 saturated carbocycles. The number of amides is 1. The van der Waals surface area contributed by atoms with Crippen LogP contribution in [-0.2, 0) is 4.79 Å². The second kappa shape index (κ2) is 7.00. The van der Waals surface area contributed by atoms with Gasteiger partial charge in [0.1, 0.15) is 5.82 Å². The zero-order valence-electron chi connectivity index (χ0n) is 12.4.